The number of nitrogens with two attached hydrogens (primary N) is 1. The molecule has 0 spiro atoms. The Morgan fingerprint density at radius 3 is 2.79 bits per heavy atom. The number of thioether (sulfide) groups is 1. The fourth-order valence-electron chi connectivity index (χ4n) is 3.43. The second kappa shape index (κ2) is 11.7. The van der Waals surface area contributed by atoms with Crippen molar-refractivity contribution in [3.63, 3.8) is 0 Å². The molecule has 1 aliphatic carbocycles. The average Bonchev–Trinajstić information content (AvgIpc) is 2.59. The Hall–Kier alpha value is -0.600. The van der Waals surface area contributed by atoms with E-state index in [0.717, 1.165) is 55.7 Å². The van der Waals surface area contributed by atoms with Crippen molar-refractivity contribution in [2.75, 3.05) is 12.3 Å². The van der Waals surface area contributed by atoms with Crippen molar-refractivity contribution in [2.24, 2.45) is 11.7 Å². The van der Waals surface area contributed by atoms with Crippen LogP contribution in [0.25, 0.3) is 0 Å². The van der Waals surface area contributed by atoms with Gasteiger partial charge in [0.15, 0.2) is 10.3 Å². The standard InChI is InChI=1S/C20H32Cl2N4O2S/c1-20(2,3)28-19(27)13-6-4-7-14(23)11-15(10-13)24-8-5-9-29-16-12-17(21)25-26-18(16)22/h12-15,24H,4-11,23H2,1-3H3/t13-,14+,15-/m1/s1. The van der Waals surface area contributed by atoms with Crippen molar-refractivity contribution in [2.45, 2.75) is 81.9 Å². The highest BCUT2D eigenvalue weighted by atomic mass is 35.5. The third kappa shape index (κ3) is 9.39. The van der Waals surface area contributed by atoms with Gasteiger partial charge in [-0.05, 0) is 71.2 Å². The van der Waals surface area contributed by atoms with E-state index >= 15 is 0 Å². The van der Waals surface area contributed by atoms with Crippen LogP contribution in [-0.4, -0.2) is 46.1 Å². The Balaban J connectivity index is 1.81. The highest BCUT2D eigenvalue weighted by Crippen LogP contribution is 2.28. The third-order valence-corrected chi connectivity index (χ3v) is 6.41. The number of ether oxygens (including phenoxy) is 1. The molecule has 0 amide bonds. The molecular formula is C20H32Cl2N4O2S. The Labute approximate surface area is 188 Å². The summed E-state index contributed by atoms with van der Waals surface area (Å²) in [5.41, 5.74) is 5.80. The van der Waals surface area contributed by atoms with Crippen LogP contribution in [-0.2, 0) is 9.53 Å². The van der Waals surface area contributed by atoms with E-state index in [-0.39, 0.29) is 24.0 Å². The van der Waals surface area contributed by atoms with Crippen molar-refractivity contribution in [1.82, 2.24) is 15.5 Å². The number of carbonyl (C=O) groups excluding carboxylic acids is 1. The van der Waals surface area contributed by atoms with Gasteiger partial charge in [0.2, 0.25) is 0 Å². The summed E-state index contributed by atoms with van der Waals surface area (Å²) in [6, 6.07) is 2.12. The molecule has 1 fully saturated rings. The first-order chi connectivity index (χ1) is 13.6. The zero-order chi connectivity index (χ0) is 21.4. The summed E-state index contributed by atoms with van der Waals surface area (Å²) in [5.74, 6) is 0.715. The number of aromatic nitrogens is 2. The normalized spacial score (nSPS) is 23.3. The minimum absolute atomic E-state index is 0.0718. The number of hydrogen-bond donors (Lipinski definition) is 2. The maximum atomic E-state index is 12.6. The zero-order valence-corrected chi connectivity index (χ0v) is 19.7. The molecule has 3 N–H and O–H groups in total. The Kier molecular flexibility index (Phi) is 9.95. The van der Waals surface area contributed by atoms with Crippen molar-refractivity contribution in [1.29, 1.82) is 0 Å². The lowest BCUT2D eigenvalue weighted by molar-refractivity contribution is -0.161. The summed E-state index contributed by atoms with van der Waals surface area (Å²) in [6.45, 7) is 6.58. The number of halogens is 2. The maximum absolute atomic E-state index is 12.6. The van der Waals surface area contributed by atoms with Crippen LogP contribution in [0.15, 0.2) is 11.0 Å². The average molecular weight is 463 g/mol. The molecule has 9 heteroatoms. The van der Waals surface area contributed by atoms with E-state index in [1.54, 1.807) is 17.8 Å². The number of rotatable bonds is 7. The third-order valence-electron chi connectivity index (χ3n) is 4.72. The number of nitrogens with one attached hydrogen (secondary N) is 1. The minimum atomic E-state index is -0.456. The Bertz CT molecular complexity index is 672. The molecule has 1 aromatic rings. The van der Waals surface area contributed by atoms with Crippen molar-refractivity contribution >= 4 is 40.9 Å². The summed E-state index contributed by atoms with van der Waals surface area (Å²) < 4.78 is 5.63. The molecule has 0 saturated heterocycles. The lowest BCUT2D eigenvalue weighted by atomic mass is 9.86. The summed E-state index contributed by atoms with van der Waals surface area (Å²) in [6.07, 6.45) is 5.35. The SMILES string of the molecule is CC(C)(C)OC(=O)[C@@H]1CCC[C@H](N)C[C@H](NCCCSc2cc(Cl)nnc2Cl)C1. The predicted molar refractivity (Wildman–Crippen MR) is 120 cm³/mol. The summed E-state index contributed by atoms with van der Waals surface area (Å²) in [4.78, 5) is 13.4. The van der Waals surface area contributed by atoms with Gasteiger partial charge in [-0.1, -0.05) is 29.6 Å². The Morgan fingerprint density at radius 2 is 2.07 bits per heavy atom. The van der Waals surface area contributed by atoms with Gasteiger partial charge < -0.3 is 15.8 Å². The lowest BCUT2D eigenvalue weighted by Gasteiger charge is -2.31. The molecule has 1 heterocycles. The van der Waals surface area contributed by atoms with E-state index in [1.807, 2.05) is 20.8 Å². The van der Waals surface area contributed by atoms with Gasteiger partial charge in [0.25, 0.3) is 0 Å². The van der Waals surface area contributed by atoms with Gasteiger partial charge in [0, 0.05) is 17.0 Å². The van der Waals surface area contributed by atoms with Crippen molar-refractivity contribution < 1.29 is 9.53 Å². The van der Waals surface area contributed by atoms with E-state index in [2.05, 4.69) is 15.5 Å². The highest BCUT2D eigenvalue weighted by molar-refractivity contribution is 7.99. The highest BCUT2D eigenvalue weighted by Gasteiger charge is 2.30. The number of hydrogen-bond acceptors (Lipinski definition) is 7. The van der Waals surface area contributed by atoms with E-state index < -0.39 is 5.60 Å². The largest absolute Gasteiger partial charge is 0.460 e. The van der Waals surface area contributed by atoms with Crippen LogP contribution in [0.2, 0.25) is 10.3 Å². The number of esters is 1. The summed E-state index contributed by atoms with van der Waals surface area (Å²) in [5, 5.41) is 11.8. The fourth-order valence-corrected chi connectivity index (χ4v) is 4.76. The monoisotopic (exact) mass is 462 g/mol. The van der Waals surface area contributed by atoms with E-state index in [4.69, 9.17) is 33.7 Å². The van der Waals surface area contributed by atoms with Crippen LogP contribution in [0.5, 0.6) is 0 Å². The van der Waals surface area contributed by atoms with E-state index in [0.29, 0.717) is 10.3 Å². The summed E-state index contributed by atoms with van der Waals surface area (Å²) in [7, 11) is 0. The van der Waals surface area contributed by atoms with Crippen LogP contribution in [0.4, 0.5) is 0 Å². The molecule has 0 aliphatic heterocycles. The van der Waals surface area contributed by atoms with Gasteiger partial charge in [0.1, 0.15) is 5.60 Å². The molecule has 0 bridgehead atoms. The second-order valence-electron chi connectivity index (χ2n) is 8.57. The lowest BCUT2D eigenvalue weighted by Crippen LogP contribution is -2.41. The first kappa shape index (κ1) is 24.7. The molecule has 29 heavy (non-hydrogen) atoms. The molecule has 1 aliphatic rings. The van der Waals surface area contributed by atoms with Crippen LogP contribution >= 0.6 is 35.0 Å². The zero-order valence-electron chi connectivity index (χ0n) is 17.4. The molecule has 164 valence electrons. The fraction of sp³-hybridized carbons (Fsp3) is 0.750. The smallest absolute Gasteiger partial charge is 0.309 e. The predicted octanol–water partition coefficient (Wildman–Crippen LogP) is 4.47. The number of nitrogens with zero attached hydrogens (tertiary/aromatic N) is 2. The van der Waals surface area contributed by atoms with E-state index in [9.17, 15) is 4.79 Å². The quantitative estimate of drug-likeness (QED) is 0.350. The van der Waals surface area contributed by atoms with Crippen LogP contribution < -0.4 is 11.1 Å². The molecule has 1 aromatic heterocycles. The molecule has 6 nitrogen and oxygen atoms in total. The first-order valence-corrected chi connectivity index (χ1v) is 11.9. The molecule has 2 rings (SSSR count). The topological polar surface area (TPSA) is 90.1 Å². The van der Waals surface area contributed by atoms with Crippen molar-refractivity contribution in [3.8, 4) is 0 Å². The van der Waals surface area contributed by atoms with Gasteiger partial charge in [-0.25, -0.2) is 0 Å². The molecule has 0 aromatic carbocycles. The second-order valence-corrected chi connectivity index (χ2v) is 10.4. The van der Waals surface area contributed by atoms with Crippen molar-refractivity contribution in [3.05, 3.63) is 16.4 Å². The minimum Gasteiger partial charge on any atom is -0.460 e. The van der Waals surface area contributed by atoms with Gasteiger partial charge in [0.05, 0.1) is 5.92 Å². The van der Waals surface area contributed by atoms with Gasteiger partial charge in [-0.2, -0.15) is 0 Å². The molecule has 0 unspecified atom stereocenters. The van der Waals surface area contributed by atoms with Gasteiger partial charge >= 0.3 is 5.97 Å². The Morgan fingerprint density at radius 1 is 1.31 bits per heavy atom. The molecule has 0 radical (unpaired) electrons. The van der Waals surface area contributed by atoms with Crippen LogP contribution in [0, 0.1) is 5.92 Å². The molecule has 3 atom stereocenters. The van der Waals surface area contributed by atoms with E-state index in [1.165, 1.54) is 0 Å². The van der Waals surface area contributed by atoms with Gasteiger partial charge in [-0.3, -0.25) is 4.79 Å². The van der Waals surface area contributed by atoms with Crippen LogP contribution in [0.3, 0.4) is 0 Å². The maximum Gasteiger partial charge on any atom is 0.309 e. The molecule has 1 saturated carbocycles. The summed E-state index contributed by atoms with van der Waals surface area (Å²) >= 11 is 13.5. The molecular weight excluding hydrogens is 431 g/mol. The first-order valence-electron chi connectivity index (χ1n) is 10.2. The van der Waals surface area contributed by atoms with Crippen LogP contribution in [0.1, 0.15) is 59.3 Å². The van der Waals surface area contributed by atoms with Gasteiger partial charge in [-0.15, -0.1) is 22.0 Å². The number of carbonyl (C=O) groups is 1.